The minimum Gasteiger partial charge on any atom is -0.369 e. The molecule has 6 nitrogen and oxygen atoms in total. The van der Waals surface area contributed by atoms with Crippen molar-refractivity contribution >= 4 is 47.2 Å². The van der Waals surface area contributed by atoms with E-state index in [2.05, 4.69) is 44.7 Å². The van der Waals surface area contributed by atoms with Gasteiger partial charge in [0.25, 0.3) is 0 Å². The first-order chi connectivity index (χ1) is 12.6. The lowest BCUT2D eigenvalue weighted by Gasteiger charge is -2.30. The van der Waals surface area contributed by atoms with Gasteiger partial charge in [0, 0.05) is 38.0 Å². The highest BCUT2D eigenvalue weighted by Crippen LogP contribution is 2.16. The van der Waals surface area contributed by atoms with Crippen LogP contribution in [0.2, 0.25) is 0 Å². The van der Waals surface area contributed by atoms with Gasteiger partial charge < -0.3 is 20.9 Å². The predicted octanol–water partition coefficient (Wildman–Crippen LogP) is 2.39. The standard InChI is InChI=1S/C19H33N5OS.HI/c1-21-19(23(2)12-9-17-6-5-15-26-17)22-10-3-4-11-24-13-7-16(8-14-24)18(20)25;/h5-6,15-16H,3-4,7-14H2,1-2H3,(H2,20,25)(H,21,22);1H. The summed E-state index contributed by atoms with van der Waals surface area (Å²) >= 11 is 1.81. The lowest BCUT2D eigenvalue weighted by Crippen LogP contribution is -2.41. The van der Waals surface area contributed by atoms with Crippen molar-refractivity contribution in [3.05, 3.63) is 22.4 Å². The maximum Gasteiger partial charge on any atom is 0.220 e. The smallest absolute Gasteiger partial charge is 0.220 e. The van der Waals surface area contributed by atoms with Gasteiger partial charge in [-0.25, -0.2) is 0 Å². The Kier molecular flexibility index (Phi) is 11.9. The highest BCUT2D eigenvalue weighted by atomic mass is 127. The number of rotatable bonds is 9. The van der Waals surface area contributed by atoms with E-state index in [9.17, 15) is 4.79 Å². The molecule has 8 heteroatoms. The number of likely N-dealkylation sites (N-methyl/N-ethyl adjacent to an activating group) is 1. The Labute approximate surface area is 184 Å². The van der Waals surface area contributed by atoms with Gasteiger partial charge in [0.05, 0.1) is 0 Å². The minimum atomic E-state index is -0.136. The molecule has 0 radical (unpaired) electrons. The molecule has 0 atom stereocenters. The van der Waals surface area contributed by atoms with E-state index in [0.717, 1.165) is 70.8 Å². The van der Waals surface area contributed by atoms with Crippen LogP contribution in [0.25, 0.3) is 0 Å². The molecule has 1 fully saturated rings. The number of nitrogens with one attached hydrogen (secondary N) is 1. The molecule has 1 aromatic heterocycles. The largest absolute Gasteiger partial charge is 0.369 e. The number of nitrogens with two attached hydrogens (primary N) is 1. The number of unbranched alkanes of at least 4 members (excludes halogenated alkanes) is 1. The second-order valence-corrected chi connectivity index (χ2v) is 7.98. The van der Waals surface area contributed by atoms with Crippen LogP contribution in [0.1, 0.15) is 30.6 Å². The molecule has 1 amide bonds. The number of halogens is 1. The molecule has 2 rings (SSSR count). The van der Waals surface area contributed by atoms with Crippen molar-refractivity contribution in [3.8, 4) is 0 Å². The number of hydrogen-bond donors (Lipinski definition) is 2. The molecule has 0 unspecified atom stereocenters. The van der Waals surface area contributed by atoms with Crippen LogP contribution in [0.5, 0.6) is 0 Å². The van der Waals surface area contributed by atoms with Crippen molar-refractivity contribution < 1.29 is 4.79 Å². The van der Waals surface area contributed by atoms with Crippen LogP contribution in [-0.4, -0.2) is 68.5 Å². The Balaban J connectivity index is 0.00000364. The van der Waals surface area contributed by atoms with E-state index in [1.807, 2.05) is 7.05 Å². The van der Waals surface area contributed by atoms with Gasteiger partial charge in [0.15, 0.2) is 5.96 Å². The SMILES string of the molecule is CN=C(NCCCCN1CCC(C(N)=O)CC1)N(C)CCc1cccs1.I. The van der Waals surface area contributed by atoms with E-state index in [-0.39, 0.29) is 35.8 Å². The van der Waals surface area contributed by atoms with Crippen molar-refractivity contribution in [2.45, 2.75) is 32.1 Å². The minimum absolute atomic E-state index is 0. The van der Waals surface area contributed by atoms with Gasteiger partial charge in [-0.3, -0.25) is 9.79 Å². The van der Waals surface area contributed by atoms with Crippen molar-refractivity contribution in [2.24, 2.45) is 16.6 Å². The predicted molar refractivity (Wildman–Crippen MR) is 125 cm³/mol. The fourth-order valence-corrected chi connectivity index (χ4v) is 4.02. The van der Waals surface area contributed by atoms with Crippen LogP contribution in [0.3, 0.4) is 0 Å². The van der Waals surface area contributed by atoms with Crippen LogP contribution in [-0.2, 0) is 11.2 Å². The summed E-state index contributed by atoms with van der Waals surface area (Å²) in [6, 6.07) is 4.28. The molecule has 0 spiro atoms. The summed E-state index contributed by atoms with van der Waals surface area (Å²) in [6.45, 7) is 4.99. The third-order valence-electron chi connectivity index (χ3n) is 5.02. The summed E-state index contributed by atoms with van der Waals surface area (Å²) in [5.41, 5.74) is 5.39. The summed E-state index contributed by atoms with van der Waals surface area (Å²) < 4.78 is 0. The average Bonchev–Trinajstić information content (AvgIpc) is 3.16. The maximum absolute atomic E-state index is 11.2. The van der Waals surface area contributed by atoms with E-state index in [0.29, 0.717) is 0 Å². The Morgan fingerprint density at radius 2 is 2.15 bits per heavy atom. The Bertz CT molecular complexity index is 558. The number of guanidine groups is 1. The molecule has 0 aromatic carbocycles. The first kappa shape index (κ1) is 24.2. The molecule has 0 saturated carbocycles. The molecule has 154 valence electrons. The van der Waals surface area contributed by atoms with Crippen LogP contribution < -0.4 is 11.1 Å². The quantitative estimate of drug-likeness (QED) is 0.233. The molecular formula is C19H34IN5OS. The van der Waals surface area contributed by atoms with Crippen LogP contribution >= 0.6 is 35.3 Å². The fourth-order valence-electron chi connectivity index (χ4n) is 3.33. The molecule has 0 aliphatic carbocycles. The number of primary amides is 1. The first-order valence-corrected chi connectivity index (χ1v) is 10.4. The van der Waals surface area contributed by atoms with Crippen molar-refractivity contribution in [1.29, 1.82) is 0 Å². The highest BCUT2D eigenvalue weighted by molar-refractivity contribution is 14.0. The Hall–Kier alpha value is -0.870. The van der Waals surface area contributed by atoms with Crippen LogP contribution in [0.15, 0.2) is 22.5 Å². The zero-order valence-electron chi connectivity index (χ0n) is 16.5. The molecule has 1 aliphatic rings. The van der Waals surface area contributed by atoms with Crippen molar-refractivity contribution in [1.82, 2.24) is 15.1 Å². The van der Waals surface area contributed by atoms with Gasteiger partial charge >= 0.3 is 0 Å². The number of carbonyl (C=O) groups is 1. The molecule has 1 aromatic rings. The molecular weight excluding hydrogens is 473 g/mol. The van der Waals surface area contributed by atoms with E-state index < -0.39 is 0 Å². The highest BCUT2D eigenvalue weighted by Gasteiger charge is 2.22. The summed E-state index contributed by atoms with van der Waals surface area (Å²) in [6.07, 6.45) is 5.15. The van der Waals surface area contributed by atoms with E-state index in [1.54, 1.807) is 11.3 Å². The molecule has 2 heterocycles. The topological polar surface area (TPSA) is 74.0 Å². The average molecular weight is 507 g/mol. The number of carbonyl (C=O) groups excluding carboxylic acids is 1. The monoisotopic (exact) mass is 507 g/mol. The number of aliphatic imine (C=N–C) groups is 1. The second-order valence-electron chi connectivity index (χ2n) is 6.95. The molecule has 1 saturated heterocycles. The first-order valence-electron chi connectivity index (χ1n) is 9.56. The van der Waals surface area contributed by atoms with E-state index in [4.69, 9.17) is 5.73 Å². The fraction of sp³-hybridized carbons (Fsp3) is 0.684. The Morgan fingerprint density at radius 1 is 1.41 bits per heavy atom. The van der Waals surface area contributed by atoms with Gasteiger partial charge in [-0.15, -0.1) is 35.3 Å². The summed E-state index contributed by atoms with van der Waals surface area (Å²) in [5, 5.41) is 5.58. The maximum atomic E-state index is 11.2. The number of piperidine rings is 1. The zero-order chi connectivity index (χ0) is 18.8. The Morgan fingerprint density at radius 3 is 2.74 bits per heavy atom. The van der Waals surface area contributed by atoms with E-state index in [1.165, 1.54) is 4.88 Å². The summed E-state index contributed by atoms with van der Waals surface area (Å²) in [7, 11) is 3.93. The van der Waals surface area contributed by atoms with Crippen molar-refractivity contribution in [3.63, 3.8) is 0 Å². The van der Waals surface area contributed by atoms with Gasteiger partial charge in [0.1, 0.15) is 0 Å². The number of nitrogens with zero attached hydrogens (tertiary/aromatic N) is 3. The number of likely N-dealkylation sites (tertiary alicyclic amines) is 1. The van der Waals surface area contributed by atoms with Gasteiger partial charge in [0.2, 0.25) is 5.91 Å². The zero-order valence-corrected chi connectivity index (χ0v) is 19.7. The number of hydrogen-bond acceptors (Lipinski definition) is 4. The number of thiophene rings is 1. The normalized spacial score (nSPS) is 16.0. The molecule has 27 heavy (non-hydrogen) atoms. The lowest BCUT2D eigenvalue weighted by molar-refractivity contribution is -0.123. The van der Waals surface area contributed by atoms with Gasteiger partial charge in [-0.05, 0) is 63.2 Å². The van der Waals surface area contributed by atoms with Gasteiger partial charge in [-0.1, -0.05) is 6.07 Å². The van der Waals surface area contributed by atoms with E-state index >= 15 is 0 Å². The summed E-state index contributed by atoms with van der Waals surface area (Å²) in [4.78, 5) is 21.6. The molecule has 1 aliphatic heterocycles. The number of amides is 1. The van der Waals surface area contributed by atoms with Crippen LogP contribution in [0, 0.1) is 5.92 Å². The van der Waals surface area contributed by atoms with Crippen LogP contribution in [0.4, 0.5) is 0 Å². The third kappa shape index (κ3) is 8.78. The third-order valence-corrected chi connectivity index (χ3v) is 5.96. The second kappa shape index (κ2) is 13.3. The summed E-state index contributed by atoms with van der Waals surface area (Å²) in [5.74, 6) is 0.910. The molecule has 3 N–H and O–H groups in total. The van der Waals surface area contributed by atoms with Gasteiger partial charge in [-0.2, -0.15) is 0 Å². The molecule has 0 bridgehead atoms. The van der Waals surface area contributed by atoms with Crippen molar-refractivity contribution in [2.75, 3.05) is 46.8 Å². The lowest BCUT2D eigenvalue weighted by atomic mass is 9.96.